The molecule has 0 aliphatic rings. The maximum atomic E-state index is 11.4. The predicted octanol–water partition coefficient (Wildman–Crippen LogP) is 3.22. The fourth-order valence-electron chi connectivity index (χ4n) is 2.59. The van der Waals surface area contributed by atoms with Crippen LogP contribution in [0.15, 0.2) is 42.5 Å². The Labute approximate surface area is 173 Å². The smallest absolute Gasteiger partial charge is 0.308 e. The third-order valence-electron chi connectivity index (χ3n) is 3.74. The summed E-state index contributed by atoms with van der Waals surface area (Å²) in [6, 6.07) is 9.13. The minimum Gasteiger partial charge on any atom is -0.496 e. The van der Waals surface area contributed by atoms with Crippen molar-refractivity contribution >= 4 is 24.0 Å². The van der Waals surface area contributed by atoms with E-state index < -0.39 is 24.0 Å². The molecule has 2 rings (SSSR count). The van der Waals surface area contributed by atoms with E-state index in [1.807, 2.05) is 0 Å². The highest BCUT2D eigenvalue weighted by atomic mass is 16.5. The highest BCUT2D eigenvalue weighted by Gasteiger charge is 2.14. The fourth-order valence-corrected chi connectivity index (χ4v) is 2.59. The van der Waals surface area contributed by atoms with Crippen molar-refractivity contribution in [2.45, 2.75) is 26.9 Å². The van der Waals surface area contributed by atoms with Crippen molar-refractivity contribution < 1.29 is 38.4 Å². The first kappa shape index (κ1) is 22.6. The Morgan fingerprint density at radius 3 is 1.90 bits per heavy atom. The molecule has 2 aromatic carbocycles. The van der Waals surface area contributed by atoms with Crippen LogP contribution in [0.4, 0.5) is 0 Å². The molecule has 30 heavy (non-hydrogen) atoms. The van der Waals surface area contributed by atoms with Crippen molar-refractivity contribution in [3.63, 3.8) is 0 Å². The van der Waals surface area contributed by atoms with Crippen LogP contribution in [0.2, 0.25) is 0 Å². The third kappa shape index (κ3) is 6.46. The molecule has 0 saturated carbocycles. The number of hydrogen-bond donors (Lipinski definition) is 1. The van der Waals surface area contributed by atoms with E-state index in [4.69, 9.17) is 18.9 Å². The lowest BCUT2D eigenvalue weighted by molar-refractivity contribution is -0.133. The SMILES string of the molecule is COc1cc(OC(C)=O)ccc1C(O)C=Cc1ccc(OC(C)=O)cc1OC(C)=O. The Bertz CT molecular complexity index is 977. The summed E-state index contributed by atoms with van der Waals surface area (Å²) in [6.45, 7) is 3.79. The zero-order chi connectivity index (χ0) is 22.3. The van der Waals surface area contributed by atoms with Crippen LogP contribution in [0.3, 0.4) is 0 Å². The highest BCUT2D eigenvalue weighted by Crippen LogP contribution is 2.32. The number of aliphatic hydroxyl groups is 1. The standard InChI is InChI=1S/C22H22O8/c1-13(23)28-17-7-5-16(21(11-17)30-15(3)25)6-10-20(26)19-9-8-18(29-14(2)24)12-22(19)27-4/h5-12,20,26H,1-4H3. The van der Waals surface area contributed by atoms with Crippen LogP contribution in [0, 0.1) is 0 Å². The molecule has 0 aliphatic heterocycles. The Kier molecular flexibility index (Phi) is 7.71. The molecule has 8 nitrogen and oxygen atoms in total. The minimum absolute atomic E-state index is 0.168. The first-order valence-corrected chi connectivity index (χ1v) is 8.93. The van der Waals surface area contributed by atoms with Crippen LogP contribution < -0.4 is 18.9 Å². The van der Waals surface area contributed by atoms with E-state index in [-0.39, 0.29) is 17.2 Å². The molecule has 0 heterocycles. The zero-order valence-corrected chi connectivity index (χ0v) is 17.0. The monoisotopic (exact) mass is 414 g/mol. The van der Waals surface area contributed by atoms with E-state index in [2.05, 4.69) is 0 Å². The fraction of sp³-hybridized carbons (Fsp3) is 0.227. The maximum absolute atomic E-state index is 11.4. The molecule has 1 unspecified atom stereocenters. The van der Waals surface area contributed by atoms with Crippen molar-refractivity contribution in [3.8, 4) is 23.0 Å². The van der Waals surface area contributed by atoms with Gasteiger partial charge in [0.15, 0.2) is 0 Å². The molecular formula is C22H22O8. The first-order chi connectivity index (χ1) is 14.2. The second kappa shape index (κ2) is 10.2. The van der Waals surface area contributed by atoms with Crippen molar-refractivity contribution in [3.05, 3.63) is 53.6 Å². The average Bonchev–Trinajstić information content (AvgIpc) is 2.65. The van der Waals surface area contributed by atoms with Crippen LogP contribution >= 0.6 is 0 Å². The number of benzene rings is 2. The van der Waals surface area contributed by atoms with E-state index in [1.165, 1.54) is 58.2 Å². The summed E-state index contributed by atoms with van der Waals surface area (Å²) < 4.78 is 20.4. The van der Waals surface area contributed by atoms with E-state index in [0.29, 0.717) is 16.9 Å². The molecule has 0 aliphatic carbocycles. The van der Waals surface area contributed by atoms with Crippen molar-refractivity contribution in [1.82, 2.24) is 0 Å². The Balaban J connectivity index is 2.30. The molecule has 0 aromatic heterocycles. The Morgan fingerprint density at radius 1 is 0.833 bits per heavy atom. The number of ether oxygens (including phenoxy) is 4. The summed E-state index contributed by atoms with van der Waals surface area (Å²) in [5.41, 5.74) is 0.922. The molecule has 0 saturated heterocycles. The number of carbonyl (C=O) groups excluding carboxylic acids is 3. The van der Waals surface area contributed by atoms with Crippen LogP contribution in [0.1, 0.15) is 38.0 Å². The molecule has 158 valence electrons. The second-order valence-electron chi connectivity index (χ2n) is 6.19. The predicted molar refractivity (Wildman–Crippen MR) is 107 cm³/mol. The van der Waals surface area contributed by atoms with Gasteiger partial charge in [-0.3, -0.25) is 14.4 Å². The number of aliphatic hydroxyl groups excluding tert-OH is 1. The highest BCUT2D eigenvalue weighted by molar-refractivity contribution is 5.74. The van der Waals surface area contributed by atoms with Crippen LogP contribution in [0.25, 0.3) is 6.08 Å². The average molecular weight is 414 g/mol. The van der Waals surface area contributed by atoms with Crippen LogP contribution in [0.5, 0.6) is 23.0 Å². The summed E-state index contributed by atoms with van der Waals surface area (Å²) >= 11 is 0. The van der Waals surface area contributed by atoms with Gasteiger partial charge in [0.05, 0.1) is 7.11 Å². The van der Waals surface area contributed by atoms with E-state index in [1.54, 1.807) is 18.2 Å². The Hall–Kier alpha value is -3.65. The number of carbonyl (C=O) groups is 3. The topological polar surface area (TPSA) is 108 Å². The quantitative estimate of drug-likeness (QED) is 0.543. The van der Waals surface area contributed by atoms with Crippen LogP contribution in [-0.2, 0) is 14.4 Å². The number of methoxy groups -OCH3 is 1. The van der Waals surface area contributed by atoms with Gasteiger partial charge < -0.3 is 24.1 Å². The molecule has 1 atom stereocenters. The van der Waals surface area contributed by atoms with Gasteiger partial charge in [-0.2, -0.15) is 0 Å². The van der Waals surface area contributed by atoms with Gasteiger partial charge in [-0.1, -0.05) is 12.2 Å². The van der Waals surface area contributed by atoms with E-state index in [0.717, 1.165) is 0 Å². The molecule has 0 bridgehead atoms. The van der Waals surface area contributed by atoms with Crippen molar-refractivity contribution in [2.24, 2.45) is 0 Å². The minimum atomic E-state index is -1.07. The van der Waals surface area contributed by atoms with E-state index in [9.17, 15) is 19.5 Å². The molecule has 0 fully saturated rings. The first-order valence-electron chi connectivity index (χ1n) is 8.93. The van der Waals surface area contributed by atoms with Crippen molar-refractivity contribution in [2.75, 3.05) is 7.11 Å². The molecule has 0 amide bonds. The second-order valence-corrected chi connectivity index (χ2v) is 6.19. The lowest BCUT2D eigenvalue weighted by Gasteiger charge is -2.13. The van der Waals surface area contributed by atoms with Gasteiger partial charge in [0.25, 0.3) is 0 Å². The zero-order valence-electron chi connectivity index (χ0n) is 17.0. The molecular weight excluding hydrogens is 392 g/mol. The van der Waals surface area contributed by atoms with Crippen LogP contribution in [-0.4, -0.2) is 30.1 Å². The Morgan fingerprint density at radius 2 is 1.37 bits per heavy atom. The summed E-state index contributed by atoms with van der Waals surface area (Å²) in [4.78, 5) is 33.6. The number of rotatable bonds is 7. The summed E-state index contributed by atoms with van der Waals surface area (Å²) in [7, 11) is 1.43. The van der Waals surface area contributed by atoms with E-state index >= 15 is 0 Å². The third-order valence-corrected chi connectivity index (χ3v) is 3.74. The molecule has 2 aromatic rings. The summed E-state index contributed by atoms with van der Waals surface area (Å²) in [5, 5.41) is 10.6. The van der Waals surface area contributed by atoms with Crippen molar-refractivity contribution in [1.29, 1.82) is 0 Å². The molecule has 0 spiro atoms. The number of hydrogen-bond acceptors (Lipinski definition) is 8. The normalized spacial score (nSPS) is 11.6. The summed E-state index contributed by atoms with van der Waals surface area (Å²) in [5.74, 6) is -0.519. The molecule has 0 radical (unpaired) electrons. The summed E-state index contributed by atoms with van der Waals surface area (Å²) in [6.07, 6.45) is 1.96. The van der Waals surface area contributed by atoms with Gasteiger partial charge in [-0.25, -0.2) is 0 Å². The lowest BCUT2D eigenvalue weighted by Crippen LogP contribution is -2.05. The van der Waals surface area contributed by atoms with Gasteiger partial charge in [0.2, 0.25) is 0 Å². The molecule has 8 heteroatoms. The van der Waals surface area contributed by atoms with Gasteiger partial charge in [0.1, 0.15) is 29.1 Å². The maximum Gasteiger partial charge on any atom is 0.308 e. The van der Waals surface area contributed by atoms with Gasteiger partial charge in [-0.05, 0) is 24.3 Å². The van der Waals surface area contributed by atoms with Gasteiger partial charge in [-0.15, -0.1) is 0 Å². The number of esters is 3. The van der Waals surface area contributed by atoms with Gasteiger partial charge in [0, 0.05) is 44.0 Å². The largest absolute Gasteiger partial charge is 0.496 e. The lowest BCUT2D eigenvalue weighted by atomic mass is 10.1. The van der Waals surface area contributed by atoms with Gasteiger partial charge >= 0.3 is 17.9 Å². The molecule has 1 N–H and O–H groups in total.